The van der Waals surface area contributed by atoms with Crippen LogP contribution < -0.4 is 33.6 Å². The highest BCUT2D eigenvalue weighted by molar-refractivity contribution is 5.95. The maximum Gasteiger partial charge on any atom is 0.326 e. The summed E-state index contributed by atoms with van der Waals surface area (Å²) in [6.07, 6.45) is -0.618. The average molecular weight is 485 g/mol. The van der Waals surface area contributed by atoms with Crippen LogP contribution in [0, 0.1) is 0 Å². The first-order chi connectivity index (χ1) is 15.8. The van der Waals surface area contributed by atoms with Gasteiger partial charge in [0.1, 0.15) is 18.1 Å². The predicted molar refractivity (Wildman–Crippen MR) is 115 cm³/mol. The first kappa shape index (κ1) is 28.3. The summed E-state index contributed by atoms with van der Waals surface area (Å²) in [5.74, 6) is -6.15. The summed E-state index contributed by atoms with van der Waals surface area (Å²) in [7, 11) is 0. The van der Waals surface area contributed by atoms with Gasteiger partial charge in [-0.2, -0.15) is 0 Å². The second kappa shape index (κ2) is 13.1. The van der Waals surface area contributed by atoms with Crippen molar-refractivity contribution in [1.82, 2.24) is 15.5 Å². The number of carboxylic acids is 1. The Labute approximate surface area is 194 Å². The molecule has 1 aliphatic heterocycles. The number of nitrogens with one attached hydrogen (secondary N) is 2. The lowest BCUT2D eigenvalue weighted by Gasteiger charge is -2.28. The SMILES string of the molecule is NC(=O)CCC(N)C(=O)N1CCCC1C(=O)NC(CCC(N)=O)C(=O)NC(CC(N)=O)C(=O)O. The van der Waals surface area contributed by atoms with Gasteiger partial charge in [0.25, 0.3) is 0 Å². The molecule has 0 aromatic heterocycles. The highest BCUT2D eigenvalue weighted by atomic mass is 16.4. The molecule has 4 unspecified atom stereocenters. The smallest absolute Gasteiger partial charge is 0.326 e. The Morgan fingerprint density at radius 3 is 2.00 bits per heavy atom. The van der Waals surface area contributed by atoms with Gasteiger partial charge in [-0.1, -0.05) is 0 Å². The van der Waals surface area contributed by atoms with Gasteiger partial charge in [0.2, 0.25) is 35.4 Å². The quantitative estimate of drug-likeness (QED) is 0.125. The lowest BCUT2D eigenvalue weighted by molar-refractivity contribution is -0.144. The van der Waals surface area contributed by atoms with Gasteiger partial charge in [0.05, 0.1) is 12.5 Å². The Kier molecular flexibility index (Phi) is 10.9. The lowest BCUT2D eigenvalue weighted by Crippen LogP contribution is -2.57. The monoisotopic (exact) mass is 485 g/mol. The molecule has 0 saturated carbocycles. The van der Waals surface area contributed by atoms with Crippen LogP contribution in [0.5, 0.6) is 0 Å². The molecule has 6 amide bonds. The van der Waals surface area contributed by atoms with Gasteiger partial charge in [0.15, 0.2) is 0 Å². The number of rotatable bonds is 14. The Bertz CT molecular complexity index is 833. The Morgan fingerprint density at radius 1 is 0.882 bits per heavy atom. The van der Waals surface area contributed by atoms with E-state index in [1.165, 1.54) is 4.90 Å². The third kappa shape index (κ3) is 9.01. The molecule has 1 fully saturated rings. The minimum absolute atomic E-state index is 0.000905. The fourth-order valence-corrected chi connectivity index (χ4v) is 3.43. The number of hydrogen-bond acceptors (Lipinski definition) is 8. The summed E-state index contributed by atoms with van der Waals surface area (Å²) in [5.41, 5.74) is 21.0. The van der Waals surface area contributed by atoms with Crippen molar-refractivity contribution >= 4 is 41.4 Å². The van der Waals surface area contributed by atoms with Crippen molar-refractivity contribution in [2.75, 3.05) is 6.54 Å². The molecule has 190 valence electrons. The minimum Gasteiger partial charge on any atom is -0.480 e. The summed E-state index contributed by atoms with van der Waals surface area (Å²) >= 11 is 0. The number of aliphatic carboxylic acids is 1. The standard InChI is InChI=1S/C19H31N7O8/c20-9(3-5-13(21)27)18(32)26-7-1-2-12(26)17(31)24-10(4-6-14(22)28)16(30)25-11(19(33)34)8-15(23)29/h9-12H,1-8,20H2,(H2,21,27)(H2,22,28)(H2,23,29)(H,24,31)(H,25,30)(H,33,34). The van der Waals surface area contributed by atoms with Crippen LogP contribution in [-0.4, -0.2) is 82.1 Å². The van der Waals surface area contributed by atoms with Crippen LogP contribution in [0.4, 0.5) is 0 Å². The van der Waals surface area contributed by atoms with E-state index >= 15 is 0 Å². The van der Waals surface area contributed by atoms with E-state index in [1.54, 1.807) is 0 Å². The number of carboxylic acid groups (broad SMARTS) is 1. The van der Waals surface area contributed by atoms with E-state index in [4.69, 9.17) is 22.9 Å². The number of likely N-dealkylation sites (tertiary alicyclic amines) is 1. The molecule has 0 spiro atoms. The van der Waals surface area contributed by atoms with Crippen LogP contribution in [0.2, 0.25) is 0 Å². The zero-order valence-corrected chi connectivity index (χ0v) is 18.5. The zero-order chi connectivity index (χ0) is 26.0. The van der Waals surface area contributed by atoms with E-state index in [0.717, 1.165) is 0 Å². The second-order valence-corrected chi connectivity index (χ2v) is 7.94. The van der Waals surface area contributed by atoms with Crippen molar-refractivity contribution in [2.45, 2.75) is 69.1 Å². The molecule has 15 heteroatoms. The van der Waals surface area contributed by atoms with Gasteiger partial charge >= 0.3 is 5.97 Å². The van der Waals surface area contributed by atoms with Gasteiger partial charge < -0.3 is 43.6 Å². The van der Waals surface area contributed by atoms with Crippen molar-refractivity contribution in [2.24, 2.45) is 22.9 Å². The van der Waals surface area contributed by atoms with E-state index in [-0.39, 0.29) is 38.6 Å². The second-order valence-electron chi connectivity index (χ2n) is 7.94. The molecule has 0 radical (unpaired) electrons. The molecule has 1 aliphatic rings. The molecule has 0 aromatic rings. The summed E-state index contributed by atoms with van der Waals surface area (Å²) < 4.78 is 0. The number of nitrogens with zero attached hydrogens (tertiary/aromatic N) is 1. The maximum atomic E-state index is 12.9. The van der Waals surface area contributed by atoms with Gasteiger partial charge in [-0.25, -0.2) is 4.79 Å². The Balaban J connectivity index is 2.93. The Morgan fingerprint density at radius 2 is 1.47 bits per heavy atom. The molecule has 1 saturated heterocycles. The lowest BCUT2D eigenvalue weighted by atomic mass is 10.1. The molecule has 4 atom stereocenters. The first-order valence-corrected chi connectivity index (χ1v) is 10.6. The van der Waals surface area contributed by atoms with E-state index < -0.39 is 72.0 Å². The molecule has 34 heavy (non-hydrogen) atoms. The molecular weight excluding hydrogens is 454 g/mol. The van der Waals surface area contributed by atoms with Crippen LogP contribution in [0.25, 0.3) is 0 Å². The molecule has 0 aromatic carbocycles. The van der Waals surface area contributed by atoms with Crippen molar-refractivity contribution in [1.29, 1.82) is 0 Å². The van der Waals surface area contributed by atoms with Crippen molar-refractivity contribution in [3.05, 3.63) is 0 Å². The van der Waals surface area contributed by atoms with E-state index in [9.17, 15) is 38.7 Å². The van der Waals surface area contributed by atoms with E-state index in [2.05, 4.69) is 10.6 Å². The number of amides is 6. The van der Waals surface area contributed by atoms with Crippen molar-refractivity contribution in [3.63, 3.8) is 0 Å². The normalized spacial score (nSPS) is 17.8. The summed E-state index contributed by atoms with van der Waals surface area (Å²) in [6, 6.07) is -5.06. The summed E-state index contributed by atoms with van der Waals surface area (Å²) in [6.45, 7) is 0.221. The summed E-state index contributed by atoms with van der Waals surface area (Å²) in [4.78, 5) is 83.9. The third-order valence-corrected chi connectivity index (χ3v) is 5.19. The maximum absolute atomic E-state index is 12.9. The van der Waals surface area contributed by atoms with Crippen molar-refractivity contribution < 1.29 is 38.7 Å². The molecule has 1 heterocycles. The van der Waals surface area contributed by atoms with Crippen LogP contribution in [0.15, 0.2) is 0 Å². The number of hydrogen-bond donors (Lipinski definition) is 7. The number of carbonyl (C=O) groups excluding carboxylic acids is 6. The highest BCUT2D eigenvalue weighted by Crippen LogP contribution is 2.19. The van der Waals surface area contributed by atoms with Crippen LogP contribution in [0.3, 0.4) is 0 Å². The van der Waals surface area contributed by atoms with Gasteiger partial charge in [-0.05, 0) is 25.7 Å². The molecule has 0 bridgehead atoms. The van der Waals surface area contributed by atoms with Crippen LogP contribution in [-0.2, 0) is 33.6 Å². The molecule has 11 N–H and O–H groups in total. The van der Waals surface area contributed by atoms with Gasteiger partial charge in [0, 0.05) is 19.4 Å². The summed E-state index contributed by atoms with van der Waals surface area (Å²) in [5, 5.41) is 13.7. The zero-order valence-electron chi connectivity index (χ0n) is 18.5. The molecule has 1 rings (SSSR count). The van der Waals surface area contributed by atoms with Crippen LogP contribution >= 0.6 is 0 Å². The third-order valence-electron chi connectivity index (χ3n) is 5.19. The van der Waals surface area contributed by atoms with Gasteiger partial charge in [-0.15, -0.1) is 0 Å². The Hall–Kier alpha value is -3.75. The topological polar surface area (TPSA) is 271 Å². The average Bonchev–Trinajstić information content (AvgIpc) is 3.23. The largest absolute Gasteiger partial charge is 0.480 e. The molecule has 15 nitrogen and oxygen atoms in total. The minimum atomic E-state index is -1.65. The molecular formula is C19H31N7O8. The van der Waals surface area contributed by atoms with Gasteiger partial charge in [-0.3, -0.25) is 28.8 Å². The first-order valence-electron chi connectivity index (χ1n) is 10.6. The number of carbonyl (C=O) groups is 7. The van der Waals surface area contributed by atoms with Crippen molar-refractivity contribution in [3.8, 4) is 0 Å². The van der Waals surface area contributed by atoms with E-state index in [0.29, 0.717) is 6.42 Å². The number of primary amides is 3. The highest BCUT2D eigenvalue weighted by Gasteiger charge is 2.38. The fourth-order valence-electron chi connectivity index (χ4n) is 3.43. The van der Waals surface area contributed by atoms with E-state index in [1.807, 2.05) is 0 Å². The number of nitrogens with two attached hydrogens (primary N) is 4. The van der Waals surface area contributed by atoms with Crippen LogP contribution in [0.1, 0.15) is 44.9 Å². The predicted octanol–water partition coefficient (Wildman–Crippen LogP) is -4.23. The fraction of sp³-hybridized carbons (Fsp3) is 0.632. The molecule has 0 aliphatic carbocycles.